The van der Waals surface area contributed by atoms with E-state index < -0.39 is 0 Å². The number of nitrogens with zero attached hydrogens (tertiary/aromatic N) is 1. The van der Waals surface area contributed by atoms with Gasteiger partial charge in [-0.3, -0.25) is 10.8 Å². The topological polar surface area (TPSA) is 66.7 Å². The van der Waals surface area contributed by atoms with E-state index in [1.54, 1.807) is 11.9 Å². The highest BCUT2D eigenvalue weighted by Crippen LogP contribution is 2.30. The summed E-state index contributed by atoms with van der Waals surface area (Å²) in [6.45, 7) is 4.07. The molecule has 4 nitrogen and oxygen atoms in total. The van der Waals surface area contributed by atoms with E-state index in [1.165, 1.54) is 0 Å². The maximum atomic E-state index is 7.99. The van der Waals surface area contributed by atoms with Crippen molar-refractivity contribution in [2.24, 2.45) is 0 Å². The third-order valence-electron chi connectivity index (χ3n) is 3.52. The van der Waals surface area contributed by atoms with Crippen molar-refractivity contribution in [1.29, 1.82) is 10.8 Å². The van der Waals surface area contributed by atoms with Crippen molar-refractivity contribution in [2.75, 3.05) is 7.05 Å². The van der Waals surface area contributed by atoms with Gasteiger partial charge in [0.25, 0.3) is 0 Å². The number of hydrogen-bond acceptors (Lipinski definition) is 2. The number of amidine groups is 2. The summed E-state index contributed by atoms with van der Waals surface area (Å²) in [6.07, 6.45) is 0. The molecule has 0 bridgehead atoms. The van der Waals surface area contributed by atoms with Crippen LogP contribution in [0.1, 0.15) is 22.5 Å². The van der Waals surface area contributed by atoms with Crippen LogP contribution in [0.5, 0.6) is 0 Å². The van der Waals surface area contributed by atoms with Gasteiger partial charge >= 0.3 is 0 Å². The first-order valence-electron chi connectivity index (χ1n) is 5.55. The van der Waals surface area contributed by atoms with Gasteiger partial charge in [0.15, 0.2) is 0 Å². The molecule has 1 aromatic heterocycles. The number of fused-ring (bicyclic) bond motifs is 2. The zero-order chi connectivity index (χ0) is 12.3. The molecule has 2 aromatic rings. The minimum atomic E-state index is 0.408. The SMILES string of the molecule is Cc1[nH]c(C)c2cc3c(cc12)C(=N)N(C)C3=N. The Labute approximate surface area is 99.3 Å². The molecule has 0 amide bonds. The van der Waals surface area contributed by atoms with Gasteiger partial charge in [-0.1, -0.05) is 0 Å². The Morgan fingerprint density at radius 2 is 1.35 bits per heavy atom. The molecular formula is C13H14N4. The van der Waals surface area contributed by atoms with Gasteiger partial charge in [-0.25, -0.2) is 0 Å². The van der Waals surface area contributed by atoms with E-state index in [2.05, 4.69) is 4.98 Å². The predicted octanol–water partition coefficient (Wildman–Crippen LogP) is 2.38. The van der Waals surface area contributed by atoms with Crippen LogP contribution in [0.3, 0.4) is 0 Å². The molecule has 1 aliphatic rings. The van der Waals surface area contributed by atoms with E-state index >= 15 is 0 Å². The normalized spacial score (nSPS) is 14.9. The highest BCUT2D eigenvalue weighted by Gasteiger charge is 2.27. The first-order valence-corrected chi connectivity index (χ1v) is 5.55. The molecule has 0 aliphatic carbocycles. The number of nitrogens with one attached hydrogen (secondary N) is 3. The van der Waals surface area contributed by atoms with Gasteiger partial charge in [0.1, 0.15) is 11.7 Å². The summed E-state index contributed by atoms with van der Waals surface area (Å²) >= 11 is 0. The summed E-state index contributed by atoms with van der Waals surface area (Å²) in [7, 11) is 1.77. The predicted molar refractivity (Wildman–Crippen MR) is 69.2 cm³/mol. The number of benzene rings is 1. The Morgan fingerprint density at radius 3 is 1.76 bits per heavy atom. The van der Waals surface area contributed by atoms with Gasteiger partial charge in [-0.15, -0.1) is 0 Å². The number of aromatic amines is 1. The van der Waals surface area contributed by atoms with Crippen LogP contribution < -0.4 is 0 Å². The fraction of sp³-hybridized carbons (Fsp3) is 0.231. The minimum absolute atomic E-state index is 0.408. The summed E-state index contributed by atoms with van der Waals surface area (Å²) in [6, 6.07) is 4.04. The number of H-pyrrole nitrogens is 1. The maximum Gasteiger partial charge on any atom is 0.134 e. The summed E-state index contributed by atoms with van der Waals surface area (Å²) in [5.74, 6) is 0.815. The van der Waals surface area contributed by atoms with Crippen molar-refractivity contribution in [3.63, 3.8) is 0 Å². The molecule has 2 heterocycles. The Bertz CT molecular complexity index is 622. The third-order valence-corrected chi connectivity index (χ3v) is 3.52. The molecule has 17 heavy (non-hydrogen) atoms. The van der Waals surface area contributed by atoms with E-state index in [-0.39, 0.29) is 0 Å². The Morgan fingerprint density at radius 1 is 0.941 bits per heavy atom. The smallest absolute Gasteiger partial charge is 0.134 e. The van der Waals surface area contributed by atoms with Crippen LogP contribution >= 0.6 is 0 Å². The third kappa shape index (κ3) is 1.12. The van der Waals surface area contributed by atoms with E-state index in [1.807, 2.05) is 26.0 Å². The van der Waals surface area contributed by atoms with Crippen LogP contribution in [0, 0.1) is 24.7 Å². The molecule has 1 aliphatic heterocycles. The molecule has 0 saturated carbocycles. The van der Waals surface area contributed by atoms with Gasteiger partial charge in [0.2, 0.25) is 0 Å². The number of aryl methyl sites for hydroxylation is 2. The van der Waals surface area contributed by atoms with Gasteiger partial charge in [0.05, 0.1) is 0 Å². The molecule has 86 valence electrons. The molecule has 0 atom stereocenters. The molecule has 4 heteroatoms. The van der Waals surface area contributed by atoms with Crippen molar-refractivity contribution in [3.8, 4) is 0 Å². The van der Waals surface area contributed by atoms with Crippen LogP contribution in [0.15, 0.2) is 12.1 Å². The van der Waals surface area contributed by atoms with Crippen LogP contribution in [-0.2, 0) is 0 Å². The Balaban J connectivity index is 2.42. The second kappa shape index (κ2) is 2.97. The molecule has 1 aromatic carbocycles. The molecule has 3 N–H and O–H groups in total. The number of rotatable bonds is 0. The van der Waals surface area contributed by atoms with E-state index in [9.17, 15) is 0 Å². The highest BCUT2D eigenvalue weighted by molar-refractivity contribution is 6.24. The van der Waals surface area contributed by atoms with Gasteiger partial charge in [0, 0.05) is 40.3 Å². The molecule has 0 fully saturated rings. The monoisotopic (exact) mass is 226 g/mol. The second-order valence-electron chi connectivity index (χ2n) is 4.57. The fourth-order valence-electron chi connectivity index (χ4n) is 2.50. The standard InChI is InChI=1S/C13H14N4/c1-6-8-4-10-11(5-9(8)7(2)16-6)13(15)17(3)12(10)14/h4-5,14-16H,1-3H3. The molecule has 0 radical (unpaired) electrons. The summed E-state index contributed by atoms with van der Waals surface area (Å²) in [5, 5.41) is 18.3. The number of aromatic nitrogens is 1. The zero-order valence-electron chi connectivity index (χ0n) is 10.1. The molecule has 0 spiro atoms. The van der Waals surface area contributed by atoms with Gasteiger partial charge in [-0.05, 0) is 26.0 Å². The first kappa shape index (κ1) is 10.1. The van der Waals surface area contributed by atoms with Crippen molar-refractivity contribution in [3.05, 3.63) is 34.6 Å². The largest absolute Gasteiger partial charge is 0.362 e. The average molecular weight is 226 g/mol. The van der Waals surface area contributed by atoms with Gasteiger partial charge in [-0.2, -0.15) is 0 Å². The van der Waals surface area contributed by atoms with E-state index in [0.29, 0.717) is 11.7 Å². The lowest BCUT2D eigenvalue weighted by molar-refractivity contribution is 0.758. The average Bonchev–Trinajstić information content (AvgIpc) is 2.70. The zero-order valence-corrected chi connectivity index (χ0v) is 10.1. The molecule has 3 rings (SSSR count). The van der Waals surface area contributed by atoms with Crippen molar-refractivity contribution < 1.29 is 0 Å². The van der Waals surface area contributed by atoms with Crippen LogP contribution in [0.25, 0.3) is 10.8 Å². The molecular weight excluding hydrogens is 212 g/mol. The van der Waals surface area contributed by atoms with Crippen LogP contribution in [0.4, 0.5) is 0 Å². The minimum Gasteiger partial charge on any atom is -0.362 e. The van der Waals surface area contributed by atoms with E-state index in [4.69, 9.17) is 10.8 Å². The van der Waals surface area contributed by atoms with Crippen LogP contribution in [0.2, 0.25) is 0 Å². The van der Waals surface area contributed by atoms with Crippen LogP contribution in [-0.4, -0.2) is 28.6 Å². The van der Waals surface area contributed by atoms with Crippen molar-refractivity contribution in [1.82, 2.24) is 9.88 Å². The highest BCUT2D eigenvalue weighted by atomic mass is 15.2. The Hall–Kier alpha value is -2.10. The van der Waals surface area contributed by atoms with Crippen molar-refractivity contribution >= 4 is 22.4 Å². The Kier molecular flexibility index (Phi) is 1.76. The van der Waals surface area contributed by atoms with E-state index in [0.717, 1.165) is 33.3 Å². The lowest BCUT2D eigenvalue weighted by Gasteiger charge is -2.08. The fourth-order valence-corrected chi connectivity index (χ4v) is 2.50. The van der Waals surface area contributed by atoms with Gasteiger partial charge < -0.3 is 9.88 Å². The first-order chi connectivity index (χ1) is 8.00. The number of hydrogen-bond donors (Lipinski definition) is 3. The maximum absolute atomic E-state index is 7.99. The second-order valence-corrected chi connectivity index (χ2v) is 4.57. The lowest BCUT2D eigenvalue weighted by atomic mass is 10.0. The van der Waals surface area contributed by atoms with Crippen molar-refractivity contribution in [2.45, 2.75) is 13.8 Å². The lowest BCUT2D eigenvalue weighted by Crippen LogP contribution is -2.24. The summed E-state index contributed by atoms with van der Waals surface area (Å²) in [5.41, 5.74) is 3.95. The quantitative estimate of drug-likeness (QED) is 0.634. The summed E-state index contributed by atoms with van der Waals surface area (Å²) < 4.78 is 0. The molecule has 0 unspecified atom stereocenters. The summed E-state index contributed by atoms with van der Waals surface area (Å²) in [4.78, 5) is 4.91. The molecule has 0 saturated heterocycles.